The van der Waals surface area contributed by atoms with Gasteiger partial charge in [0.25, 0.3) is 0 Å². The highest BCUT2D eigenvalue weighted by Gasteiger charge is 2.57. The average Bonchev–Trinajstić information content (AvgIpc) is 2.67. The molecule has 0 aliphatic heterocycles. The van der Waals surface area contributed by atoms with Gasteiger partial charge in [-0.05, 0) is 97.6 Å². The van der Waals surface area contributed by atoms with E-state index in [4.69, 9.17) is 11.6 Å². The van der Waals surface area contributed by atoms with Crippen LogP contribution in [0.15, 0.2) is 48.8 Å². The van der Waals surface area contributed by atoms with Crippen molar-refractivity contribution in [2.75, 3.05) is 0 Å². The Morgan fingerprint density at radius 2 is 1.67 bits per heavy atom. The van der Waals surface area contributed by atoms with E-state index < -0.39 is 0 Å². The molecule has 2 aromatic rings. The molecule has 27 heavy (non-hydrogen) atoms. The highest BCUT2D eigenvalue weighted by molar-refractivity contribution is 6.30. The van der Waals surface area contributed by atoms with Crippen molar-refractivity contribution in [3.8, 4) is 0 Å². The molecule has 0 spiro atoms. The van der Waals surface area contributed by atoms with Crippen molar-refractivity contribution in [3.63, 3.8) is 0 Å². The van der Waals surface area contributed by atoms with E-state index in [0.717, 1.165) is 36.6 Å². The fourth-order valence-corrected chi connectivity index (χ4v) is 6.79. The molecule has 0 amide bonds. The van der Waals surface area contributed by atoms with Crippen molar-refractivity contribution in [2.24, 2.45) is 23.2 Å². The molecule has 6 rings (SSSR count). The number of aryl methyl sites for hydroxylation is 1. The summed E-state index contributed by atoms with van der Waals surface area (Å²) >= 11 is 6.10. The summed E-state index contributed by atoms with van der Waals surface area (Å²) in [6.07, 6.45) is 11.1. The molecule has 2 atom stereocenters. The minimum Gasteiger partial charge on any atom is -0.299 e. The number of aromatic nitrogens is 1. The Labute approximate surface area is 166 Å². The second-order valence-corrected chi connectivity index (χ2v) is 9.54. The van der Waals surface area contributed by atoms with Gasteiger partial charge < -0.3 is 0 Å². The van der Waals surface area contributed by atoms with Crippen LogP contribution in [0.1, 0.15) is 55.6 Å². The minimum absolute atomic E-state index is 0.0353. The lowest BCUT2D eigenvalue weighted by Crippen LogP contribution is -2.53. The van der Waals surface area contributed by atoms with E-state index in [1.807, 2.05) is 36.7 Å². The molecule has 4 fully saturated rings. The van der Waals surface area contributed by atoms with Crippen LogP contribution in [0.5, 0.6) is 0 Å². The Hall–Kier alpha value is -1.67. The van der Waals surface area contributed by atoms with Gasteiger partial charge >= 0.3 is 0 Å². The molecule has 1 heterocycles. The van der Waals surface area contributed by atoms with Gasteiger partial charge in [-0.1, -0.05) is 23.7 Å². The monoisotopic (exact) mass is 379 g/mol. The number of pyridine rings is 1. The van der Waals surface area contributed by atoms with E-state index in [9.17, 15) is 4.79 Å². The van der Waals surface area contributed by atoms with Crippen LogP contribution in [0.25, 0.3) is 0 Å². The van der Waals surface area contributed by atoms with Crippen molar-refractivity contribution < 1.29 is 4.79 Å². The topological polar surface area (TPSA) is 30.0 Å². The molecular weight excluding hydrogens is 354 g/mol. The van der Waals surface area contributed by atoms with Gasteiger partial charge in [-0.2, -0.15) is 0 Å². The number of hydrogen-bond acceptors (Lipinski definition) is 2. The Kier molecular flexibility index (Phi) is 4.35. The number of carbonyl (C=O) groups excluding carboxylic acids is 1. The number of rotatable bonds is 5. The molecular formula is C24H26ClNO. The summed E-state index contributed by atoms with van der Waals surface area (Å²) in [5, 5.41) is 0.810. The molecule has 4 saturated carbocycles. The smallest absolute Gasteiger partial charge is 0.139 e. The summed E-state index contributed by atoms with van der Waals surface area (Å²) < 4.78 is 0. The van der Waals surface area contributed by atoms with Crippen molar-refractivity contribution in [2.45, 2.75) is 50.9 Å². The Morgan fingerprint density at radius 1 is 1.00 bits per heavy atom. The number of carbonyl (C=O) groups is 1. The number of hydrogen-bond donors (Lipinski definition) is 0. The van der Waals surface area contributed by atoms with Crippen LogP contribution in [0.2, 0.25) is 5.02 Å². The van der Waals surface area contributed by atoms with Crippen LogP contribution < -0.4 is 0 Å². The first-order valence-corrected chi connectivity index (χ1v) is 10.7. The average molecular weight is 380 g/mol. The number of benzene rings is 1. The summed E-state index contributed by atoms with van der Waals surface area (Å²) in [7, 11) is 0. The first kappa shape index (κ1) is 17.4. The molecule has 4 aliphatic carbocycles. The minimum atomic E-state index is -0.0353. The van der Waals surface area contributed by atoms with Crippen molar-refractivity contribution in [1.29, 1.82) is 0 Å². The second-order valence-electron chi connectivity index (χ2n) is 9.11. The van der Waals surface area contributed by atoms with E-state index >= 15 is 0 Å². The van der Waals surface area contributed by atoms with Crippen LogP contribution in [0.4, 0.5) is 0 Å². The van der Waals surface area contributed by atoms with Gasteiger partial charge in [0.2, 0.25) is 0 Å². The lowest BCUT2D eigenvalue weighted by Gasteiger charge is -2.59. The summed E-state index contributed by atoms with van der Waals surface area (Å²) in [4.78, 5) is 17.4. The lowest BCUT2D eigenvalue weighted by molar-refractivity contribution is -0.146. The third kappa shape index (κ3) is 3.12. The van der Waals surface area contributed by atoms with Gasteiger partial charge in [-0.15, -0.1) is 0 Å². The molecule has 140 valence electrons. The fraction of sp³-hybridized carbons (Fsp3) is 0.500. The Morgan fingerprint density at radius 3 is 2.33 bits per heavy atom. The molecule has 2 nitrogen and oxygen atoms in total. The first-order chi connectivity index (χ1) is 13.1. The SMILES string of the molecule is O=C(CCc1ccncc1)C12CC3CC(C1)C(c1ccc(Cl)cc1)C(C3)C2. The molecule has 1 aromatic heterocycles. The molecule has 0 radical (unpaired) electrons. The molecule has 2 unspecified atom stereocenters. The van der Waals surface area contributed by atoms with E-state index in [2.05, 4.69) is 17.1 Å². The van der Waals surface area contributed by atoms with Gasteiger partial charge in [0.1, 0.15) is 5.78 Å². The number of halogens is 1. The molecule has 4 bridgehead atoms. The summed E-state index contributed by atoms with van der Waals surface area (Å²) in [6.45, 7) is 0. The Bertz CT molecular complexity index is 815. The van der Waals surface area contributed by atoms with E-state index in [1.54, 1.807) is 0 Å². The van der Waals surface area contributed by atoms with Crippen LogP contribution in [-0.4, -0.2) is 10.8 Å². The van der Waals surface area contributed by atoms with Crippen LogP contribution >= 0.6 is 11.6 Å². The molecule has 1 aromatic carbocycles. The van der Waals surface area contributed by atoms with Crippen molar-refractivity contribution in [1.82, 2.24) is 4.98 Å². The predicted octanol–water partition coefficient (Wildman–Crippen LogP) is 5.85. The third-order valence-electron chi connectivity index (χ3n) is 7.51. The van der Waals surface area contributed by atoms with E-state index in [0.29, 0.717) is 30.0 Å². The zero-order valence-corrected chi connectivity index (χ0v) is 16.4. The summed E-state index contributed by atoms with van der Waals surface area (Å²) in [5.41, 5.74) is 2.63. The molecule has 0 saturated heterocycles. The number of nitrogens with zero attached hydrogens (tertiary/aromatic N) is 1. The van der Waals surface area contributed by atoms with Gasteiger partial charge in [-0.25, -0.2) is 0 Å². The first-order valence-electron chi connectivity index (χ1n) is 10.3. The summed E-state index contributed by atoms with van der Waals surface area (Å²) in [6, 6.07) is 12.5. The summed E-state index contributed by atoms with van der Waals surface area (Å²) in [5.74, 6) is 3.24. The van der Waals surface area contributed by atoms with Crippen LogP contribution in [0.3, 0.4) is 0 Å². The van der Waals surface area contributed by atoms with E-state index in [1.165, 1.54) is 24.0 Å². The molecule has 4 aliphatic rings. The highest BCUT2D eigenvalue weighted by Crippen LogP contribution is 2.65. The maximum Gasteiger partial charge on any atom is 0.139 e. The molecule has 3 heteroatoms. The maximum atomic E-state index is 13.3. The van der Waals surface area contributed by atoms with Gasteiger partial charge in [0.15, 0.2) is 0 Å². The molecule has 0 N–H and O–H groups in total. The zero-order valence-electron chi connectivity index (χ0n) is 15.6. The van der Waals surface area contributed by atoms with Gasteiger partial charge in [0.05, 0.1) is 0 Å². The van der Waals surface area contributed by atoms with Crippen molar-refractivity contribution in [3.05, 3.63) is 64.9 Å². The van der Waals surface area contributed by atoms with E-state index in [-0.39, 0.29) is 5.41 Å². The van der Waals surface area contributed by atoms with Gasteiger partial charge in [-0.3, -0.25) is 9.78 Å². The standard InChI is InChI=1S/C24H26ClNO/c25-21-4-2-18(3-5-21)23-19-11-17-12-20(23)15-24(13-17,14-19)22(27)6-1-16-7-9-26-10-8-16/h2-5,7-10,17,19-20,23H,1,6,11-15H2. The second kappa shape index (κ2) is 6.74. The van der Waals surface area contributed by atoms with Crippen molar-refractivity contribution >= 4 is 17.4 Å². The van der Waals surface area contributed by atoms with Gasteiger partial charge in [0, 0.05) is 29.3 Å². The normalized spacial score (nSPS) is 34.0. The third-order valence-corrected chi connectivity index (χ3v) is 7.76. The Balaban J connectivity index is 1.34. The fourth-order valence-electron chi connectivity index (χ4n) is 6.67. The van der Waals surface area contributed by atoms with Crippen LogP contribution in [-0.2, 0) is 11.2 Å². The maximum absolute atomic E-state index is 13.3. The zero-order chi connectivity index (χ0) is 18.4. The highest BCUT2D eigenvalue weighted by atomic mass is 35.5. The van der Waals surface area contributed by atoms with Crippen LogP contribution in [0, 0.1) is 23.2 Å². The number of ketones is 1. The number of Topliss-reactive ketones (excluding diaryl/α,β-unsaturated/α-hetero) is 1. The predicted molar refractivity (Wildman–Crippen MR) is 108 cm³/mol. The lowest BCUT2D eigenvalue weighted by atomic mass is 9.44. The largest absolute Gasteiger partial charge is 0.299 e. The quantitative estimate of drug-likeness (QED) is 0.652.